The number of rotatable bonds is 4. The van der Waals surface area contributed by atoms with Gasteiger partial charge in [0.2, 0.25) is 12.3 Å². The van der Waals surface area contributed by atoms with E-state index >= 15 is 0 Å². The molecule has 1 N–H and O–H groups in total. The second kappa shape index (κ2) is 7.45. The fourth-order valence-electron chi connectivity index (χ4n) is 1.83. The maximum Gasteiger partial charge on any atom is 0.248 e. The summed E-state index contributed by atoms with van der Waals surface area (Å²) in [7, 11) is 0. The third-order valence-electron chi connectivity index (χ3n) is 3.17. The van der Waals surface area contributed by atoms with Crippen LogP contribution in [-0.4, -0.2) is 17.3 Å². The Balaban J connectivity index is 0.000000326. The fraction of sp³-hybridized carbons (Fsp3) is 0.235. The maximum atomic E-state index is 11.1. The smallest absolute Gasteiger partial charge is 0.248 e. The molecule has 1 heterocycles. The summed E-state index contributed by atoms with van der Waals surface area (Å²) in [6.45, 7) is 0. The van der Waals surface area contributed by atoms with Gasteiger partial charge in [0.05, 0.1) is 18.2 Å². The lowest BCUT2D eigenvalue weighted by atomic mass is 10.0. The minimum absolute atomic E-state index is 0.118. The molecule has 1 aliphatic carbocycles. The highest BCUT2D eigenvalue weighted by molar-refractivity contribution is 5.76. The molecule has 0 radical (unpaired) electrons. The Hall–Kier alpha value is -2.81. The number of halogens is 2. The summed E-state index contributed by atoms with van der Waals surface area (Å²) in [5.41, 5.74) is 3.24. The molecule has 1 fully saturated rings. The molecule has 0 atom stereocenters. The van der Waals surface area contributed by atoms with E-state index in [2.05, 4.69) is 16.4 Å². The largest absolute Gasteiger partial charge is 0.329 e. The van der Waals surface area contributed by atoms with Crippen molar-refractivity contribution < 1.29 is 13.6 Å². The number of nitriles is 1. The number of amides is 1. The molecule has 3 rings (SSSR count). The van der Waals surface area contributed by atoms with Crippen LogP contribution >= 0.6 is 0 Å². The summed E-state index contributed by atoms with van der Waals surface area (Å²) in [5.74, 6) is -2.25. The molecule has 0 bridgehead atoms. The van der Waals surface area contributed by atoms with Gasteiger partial charge in [-0.3, -0.25) is 9.78 Å². The minimum Gasteiger partial charge on any atom is -0.329 e. The maximum absolute atomic E-state index is 11.1. The standard InChI is InChI=1S/C14H11N3O.C3H4F2/c15-7-6-11-4-5-12(17-10-18)9-13(11)14-3-1-2-8-16-14;4-3(5)1-2-3/h1-5,8-10H,6H2,(H,17,18);1-2H2. The number of hydrogen-bond acceptors (Lipinski definition) is 3. The fourth-order valence-corrected chi connectivity index (χ4v) is 1.83. The molecular weight excluding hydrogens is 300 g/mol. The third kappa shape index (κ3) is 5.15. The van der Waals surface area contributed by atoms with Gasteiger partial charge in [0.15, 0.2) is 0 Å². The molecule has 1 amide bonds. The van der Waals surface area contributed by atoms with Gasteiger partial charge < -0.3 is 5.32 Å². The SMILES string of the molecule is FC1(F)CC1.N#CCc1ccc(NC=O)cc1-c1ccccn1. The van der Waals surface area contributed by atoms with Crippen LogP contribution in [0.15, 0.2) is 42.6 Å². The predicted octanol–water partition coefficient (Wildman–Crippen LogP) is 3.80. The summed E-state index contributed by atoms with van der Waals surface area (Å²) >= 11 is 0. The second-order valence-corrected chi connectivity index (χ2v) is 5.04. The lowest BCUT2D eigenvalue weighted by molar-refractivity contribution is -0.105. The number of carbonyl (C=O) groups excluding carboxylic acids is 1. The Labute approximate surface area is 132 Å². The van der Waals surface area contributed by atoms with Gasteiger partial charge in [0.25, 0.3) is 0 Å². The van der Waals surface area contributed by atoms with Gasteiger partial charge >= 0.3 is 0 Å². The summed E-state index contributed by atoms with van der Waals surface area (Å²) in [6.07, 6.45) is 2.88. The van der Waals surface area contributed by atoms with E-state index in [0.29, 0.717) is 18.5 Å². The number of alkyl halides is 2. The molecule has 1 aromatic heterocycles. The first kappa shape index (κ1) is 16.6. The van der Waals surface area contributed by atoms with Crippen molar-refractivity contribution in [1.82, 2.24) is 4.98 Å². The van der Waals surface area contributed by atoms with Gasteiger partial charge in [-0.25, -0.2) is 8.78 Å². The number of pyridine rings is 1. The van der Waals surface area contributed by atoms with E-state index in [1.54, 1.807) is 12.3 Å². The van der Waals surface area contributed by atoms with E-state index in [9.17, 15) is 13.6 Å². The van der Waals surface area contributed by atoms with Crippen molar-refractivity contribution in [1.29, 1.82) is 5.26 Å². The Bertz CT molecular complexity index is 706. The third-order valence-corrected chi connectivity index (χ3v) is 3.17. The van der Waals surface area contributed by atoms with E-state index in [-0.39, 0.29) is 12.8 Å². The van der Waals surface area contributed by atoms with Crippen molar-refractivity contribution in [2.24, 2.45) is 0 Å². The molecule has 2 aromatic rings. The molecule has 118 valence electrons. The van der Waals surface area contributed by atoms with Crippen LogP contribution in [0.4, 0.5) is 14.5 Å². The van der Waals surface area contributed by atoms with Crippen LogP contribution in [0.3, 0.4) is 0 Å². The second-order valence-electron chi connectivity index (χ2n) is 5.04. The van der Waals surface area contributed by atoms with Crippen molar-refractivity contribution in [3.63, 3.8) is 0 Å². The highest BCUT2D eigenvalue weighted by Crippen LogP contribution is 2.40. The summed E-state index contributed by atoms with van der Waals surface area (Å²) in [4.78, 5) is 14.7. The number of aromatic nitrogens is 1. The van der Waals surface area contributed by atoms with Gasteiger partial charge in [-0.2, -0.15) is 5.26 Å². The molecule has 0 unspecified atom stereocenters. The number of nitrogens with one attached hydrogen (secondary N) is 1. The van der Waals surface area contributed by atoms with Crippen molar-refractivity contribution in [2.75, 3.05) is 5.32 Å². The summed E-state index contributed by atoms with van der Waals surface area (Å²) in [6, 6.07) is 13.2. The molecule has 4 nitrogen and oxygen atoms in total. The zero-order valence-electron chi connectivity index (χ0n) is 12.3. The Kier molecular flexibility index (Phi) is 5.36. The highest BCUT2D eigenvalue weighted by atomic mass is 19.3. The first-order valence-electron chi connectivity index (χ1n) is 7.05. The molecule has 1 aromatic carbocycles. The molecule has 0 spiro atoms. The lowest BCUT2D eigenvalue weighted by Gasteiger charge is -2.08. The molecule has 6 heteroatoms. The van der Waals surface area contributed by atoms with Crippen LogP contribution in [0.5, 0.6) is 0 Å². The van der Waals surface area contributed by atoms with Crippen molar-refractivity contribution in [2.45, 2.75) is 25.2 Å². The quantitative estimate of drug-likeness (QED) is 0.873. The number of nitrogens with zero attached hydrogens (tertiary/aromatic N) is 2. The van der Waals surface area contributed by atoms with Crippen molar-refractivity contribution in [3.05, 3.63) is 48.2 Å². The summed E-state index contributed by atoms with van der Waals surface area (Å²) < 4.78 is 22.3. The molecule has 1 aliphatic rings. The predicted molar refractivity (Wildman–Crippen MR) is 82.9 cm³/mol. The molecule has 0 aliphatic heterocycles. The topological polar surface area (TPSA) is 65.8 Å². The summed E-state index contributed by atoms with van der Waals surface area (Å²) in [5, 5.41) is 11.4. The van der Waals surface area contributed by atoms with E-state index in [1.165, 1.54) is 0 Å². The molecule has 0 saturated heterocycles. The Morgan fingerprint density at radius 2 is 2.04 bits per heavy atom. The average molecular weight is 315 g/mol. The average Bonchev–Trinajstić information content (AvgIpc) is 3.25. The van der Waals surface area contributed by atoms with E-state index < -0.39 is 5.92 Å². The van der Waals surface area contributed by atoms with Gasteiger partial charge in [-0.1, -0.05) is 12.1 Å². The van der Waals surface area contributed by atoms with E-state index in [0.717, 1.165) is 16.8 Å². The highest BCUT2D eigenvalue weighted by Gasteiger charge is 2.43. The van der Waals surface area contributed by atoms with E-state index in [1.807, 2.05) is 30.3 Å². The normalized spacial score (nSPS) is 14.0. The lowest BCUT2D eigenvalue weighted by Crippen LogP contribution is -1.97. The van der Waals surface area contributed by atoms with Crippen LogP contribution in [0.25, 0.3) is 11.3 Å². The zero-order chi connectivity index (χ0) is 16.7. The number of hydrogen-bond donors (Lipinski definition) is 1. The van der Waals surface area contributed by atoms with Gasteiger partial charge in [-0.05, 0) is 29.8 Å². The Morgan fingerprint density at radius 3 is 2.57 bits per heavy atom. The first-order chi connectivity index (χ1) is 11.1. The zero-order valence-corrected chi connectivity index (χ0v) is 12.3. The van der Waals surface area contributed by atoms with Gasteiger partial charge in [-0.15, -0.1) is 0 Å². The van der Waals surface area contributed by atoms with Crippen LogP contribution in [0, 0.1) is 11.3 Å². The van der Waals surface area contributed by atoms with Crippen LogP contribution < -0.4 is 5.32 Å². The van der Waals surface area contributed by atoms with Crippen molar-refractivity contribution >= 4 is 12.1 Å². The number of benzene rings is 1. The van der Waals surface area contributed by atoms with Gasteiger partial charge in [0.1, 0.15) is 0 Å². The van der Waals surface area contributed by atoms with Gasteiger partial charge in [0, 0.05) is 30.3 Å². The molecular formula is C17H15F2N3O. The molecule has 23 heavy (non-hydrogen) atoms. The monoisotopic (exact) mass is 315 g/mol. The minimum atomic E-state index is -2.25. The van der Waals surface area contributed by atoms with Crippen LogP contribution in [0.1, 0.15) is 18.4 Å². The van der Waals surface area contributed by atoms with Crippen LogP contribution in [-0.2, 0) is 11.2 Å². The van der Waals surface area contributed by atoms with Crippen molar-refractivity contribution in [3.8, 4) is 17.3 Å². The number of carbonyl (C=O) groups is 1. The first-order valence-corrected chi connectivity index (χ1v) is 7.05. The number of anilines is 1. The molecule has 1 saturated carbocycles. The van der Waals surface area contributed by atoms with Crippen LogP contribution in [0.2, 0.25) is 0 Å². The van der Waals surface area contributed by atoms with E-state index in [4.69, 9.17) is 5.26 Å². The Morgan fingerprint density at radius 1 is 1.30 bits per heavy atom.